The van der Waals surface area contributed by atoms with Crippen molar-refractivity contribution in [2.75, 3.05) is 38.2 Å². The molecule has 8 heteroatoms. The molecule has 0 atom stereocenters. The molecule has 1 fully saturated rings. The predicted octanol–water partition coefficient (Wildman–Crippen LogP) is 3.84. The third kappa shape index (κ3) is 3.42. The first-order valence-corrected chi connectivity index (χ1v) is 9.34. The lowest BCUT2D eigenvalue weighted by Crippen LogP contribution is -2.49. The summed E-state index contributed by atoms with van der Waals surface area (Å²) in [4.78, 5) is 24.3. The first-order chi connectivity index (χ1) is 13.1. The normalized spacial score (nSPS) is 14.6. The van der Waals surface area contributed by atoms with E-state index in [1.54, 1.807) is 24.1 Å². The zero-order chi connectivity index (χ0) is 19.0. The third-order valence-electron chi connectivity index (χ3n) is 4.72. The van der Waals surface area contributed by atoms with Gasteiger partial charge < -0.3 is 19.5 Å². The molecule has 0 radical (unpaired) electrons. The maximum Gasteiger partial charge on any atom is 0.289 e. The van der Waals surface area contributed by atoms with Crippen LogP contribution in [0.15, 0.2) is 36.4 Å². The van der Waals surface area contributed by atoms with Crippen molar-refractivity contribution in [2.45, 2.75) is 0 Å². The largest absolute Gasteiger partial charge is 0.495 e. The molecule has 0 unspecified atom stereocenters. The van der Waals surface area contributed by atoms with E-state index in [1.807, 2.05) is 24.3 Å². The number of fused-ring (bicyclic) bond motifs is 1. The van der Waals surface area contributed by atoms with Crippen LogP contribution in [0.1, 0.15) is 10.6 Å². The summed E-state index contributed by atoms with van der Waals surface area (Å²) in [5, 5.41) is 0.845. The summed E-state index contributed by atoms with van der Waals surface area (Å²) in [5.74, 6) is 1.01. The summed E-state index contributed by atoms with van der Waals surface area (Å²) in [5.41, 5.74) is 2.36. The molecule has 0 saturated carbocycles. The van der Waals surface area contributed by atoms with Gasteiger partial charge in [-0.1, -0.05) is 35.3 Å². The van der Waals surface area contributed by atoms with Crippen molar-refractivity contribution in [3.8, 4) is 5.75 Å². The van der Waals surface area contributed by atoms with Crippen molar-refractivity contribution in [1.29, 1.82) is 0 Å². The molecule has 2 aromatic carbocycles. The Bertz CT molecular complexity index is 958. The van der Waals surface area contributed by atoms with Gasteiger partial charge in [0.05, 0.1) is 33.9 Å². The van der Waals surface area contributed by atoms with Crippen molar-refractivity contribution in [1.82, 2.24) is 14.9 Å². The van der Waals surface area contributed by atoms with Crippen LogP contribution in [-0.2, 0) is 0 Å². The van der Waals surface area contributed by atoms with Gasteiger partial charge in [-0.25, -0.2) is 4.98 Å². The number of piperazine rings is 1. The first kappa shape index (κ1) is 17.9. The second-order valence-corrected chi connectivity index (χ2v) is 7.13. The van der Waals surface area contributed by atoms with E-state index in [1.165, 1.54) is 0 Å². The number of nitrogens with zero attached hydrogens (tertiary/aromatic N) is 3. The number of carbonyl (C=O) groups is 1. The highest BCUT2D eigenvalue weighted by atomic mass is 35.5. The highest BCUT2D eigenvalue weighted by Crippen LogP contribution is 2.29. The number of hydrogen-bond acceptors (Lipinski definition) is 4. The molecule has 0 bridgehead atoms. The molecule has 2 heterocycles. The monoisotopic (exact) mass is 404 g/mol. The molecule has 1 aliphatic rings. The average Bonchev–Trinajstić information content (AvgIpc) is 3.10. The van der Waals surface area contributed by atoms with Crippen molar-refractivity contribution in [3.05, 3.63) is 52.3 Å². The van der Waals surface area contributed by atoms with E-state index < -0.39 is 0 Å². The molecule has 0 aliphatic carbocycles. The van der Waals surface area contributed by atoms with Gasteiger partial charge in [0.2, 0.25) is 0 Å². The Kier molecular flexibility index (Phi) is 4.85. The maximum atomic E-state index is 12.8. The van der Waals surface area contributed by atoms with Crippen molar-refractivity contribution >= 4 is 45.8 Å². The minimum absolute atomic E-state index is 0.127. The SMILES string of the molecule is COc1ccccc1N1CCN(C(=O)c2nc3cc(Cl)c(Cl)cc3[nH]2)CC1. The number of aromatic nitrogens is 2. The molecule has 1 N–H and O–H groups in total. The van der Waals surface area contributed by atoms with E-state index in [-0.39, 0.29) is 5.91 Å². The summed E-state index contributed by atoms with van der Waals surface area (Å²) < 4.78 is 5.44. The van der Waals surface area contributed by atoms with Crippen LogP contribution < -0.4 is 9.64 Å². The number of H-pyrrole nitrogens is 1. The lowest BCUT2D eigenvalue weighted by Gasteiger charge is -2.36. The Labute approximate surface area is 166 Å². The number of amides is 1. The van der Waals surface area contributed by atoms with E-state index in [0.717, 1.165) is 24.5 Å². The van der Waals surface area contributed by atoms with Crippen LogP contribution >= 0.6 is 23.2 Å². The number of nitrogens with one attached hydrogen (secondary N) is 1. The summed E-state index contributed by atoms with van der Waals surface area (Å²) >= 11 is 12.1. The minimum Gasteiger partial charge on any atom is -0.495 e. The van der Waals surface area contributed by atoms with Gasteiger partial charge in [-0.15, -0.1) is 0 Å². The molecule has 0 spiro atoms. The minimum atomic E-state index is -0.127. The summed E-state index contributed by atoms with van der Waals surface area (Å²) in [6.45, 7) is 2.67. The van der Waals surface area contributed by atoms with Crippen LogP contribution in [0.3, 0.4) is 0 Å². The smallest absolute Gasteiger partial charge is 0.289 e. The molecule has 1 amide bonds. The molecular weight excluding hydrogens is 387 g/mol. The number of carbonyl (C=O) groups excluding carboxylic acids is 1. The molecule has 3 aromatic rings. The highest BCUT2D eigenvalue weighted by molar-refractivity contribution is 6.42. The van der Waals surface area contributed by atoms with Crippen LogP contribution in [0.2, 0.25) is 10.0 Å². The molecule has 1 aliphatic heterocycles. The topological polar surface area (TPSA) is 61.5 Å². The molecule has 6 nitrogen and oxygen atoms in total. The van der Waals surface area contributed by atoms with E-state index >= 15 is 0 Å². The first-order valence-electron chi connectivity index (χ1n) is 8.59. The molecule has 27 heavy (non-hydrogen) atoms. The zero-order valence-electron chi connectivity index (χ0n) is 14.7. The van der Waals surface area contributed by atoms with Gasteiger partial charge >= 0.3 is 0 Å². The molecule has 140 valence electrons. The lowest BCUT2D eigenvalue weighted by molar-refractivity contribution is 0.0736. The number of halogens is 2. The Morgan fingerprint density at radius 1 is 1.11 bits per heavy atom. The van der Waals surface area contributed by atoms with Crippen LogP contribution in [0.25, 0.3) is 11.0 Å². The zero-order valence-corrected chi connectivity index (χ0v) is 16.2. The van der Waals surface area contributed by atoms with Crippen LogP contribution in [0, 0.1) is 0 Å². The summed E-state index contributed by atoms with van der Waals surface area (Å²) in [6, 6.07) is 11.2. The van der Waals surface area contributed by atoms with Gasteiger partial charge in [-0.3, -0.25) is 4.79 Å². The summed E-state index contributed by atoms with van der Waals surface area (Å²) in [7, 11) is 1.67. The number of rotatable bonds is 3. The van der Waals surface area contributed by atoms with Gasteiger partial charge in [0.1, 0.15) is 5.75 Å². The fourth-order valence-corrected chi connectivity index (χ4v) is 3.62. The average molecular weight is 405 g/mol. The number of methoxy groups -OCH3 is 1. The van der Waals surface area contributed by atoms with E-state index in [2.05, 4.69) is 14.9 Å². The molecular formula is C19H18Cl2N4O2. The maximum absolute atomic E-state index is 12.8. The second kappa shape index (κ2) is 7.29. The molecule has 1 saturated heterocycles. The highest BCUT2D eigenvalue weighted by Gasteiger charge is 2.25. The van der Waals surface area contributed by atoms with Crippen LogP contribution in [0.4, 0.5) is 5.69 Å². The number of benzene rings is 2. The predicted molar refractivity (Wildman–Crippen MR) is 107 cm³/mol. The van der Waals surface area contributed by atoms with E-state index in [0.29, 0.717) is 40.0 Å². The van der Waals surface area contributed by atoms with Crippen molar-refractivity contribution in [2.24, 2.45) is 0 Å². The van der Waals surface area contributed by atoms with Gasteiger partial charge in [-0.2, -0.15) is 0 Å². The van der Waals surface area contributed by atoms with E-state index in [4.69, 9.17) is 27.9 Å². The Morgan fingerprint density at radius 2 is 1.81 bits per heavy atom. The quantitative estimate of drug-likeness (QED) is 0.720. The number of anilines is 1. The lowest BCUT2D eigenvalue weighted by atomic mass is 10.2. The van der Waals surface area contributed by atoms with Crippen LogP contribution in [0.5, 0.6) is 5.75 Å². The number of ether oxygens (including phenoxy) is 1. The van der Waals surface area contributed by atoms with Crippen molar-refractivity contribution < 1.29 is 9.53 Å². The Morgan fingerprint density at radius 3 is 2.56 bits per heavy atom. The van der Waals surface area contributed by atoms with Gasteiger partial charge in [0, 0.05) is 26.2 Å². The van der Waals surface area contributed by atoms with Crippen LogP contribution in [-0.4, -0.2) is 54.1 Å². The third-order valence-corrected chi connectivity index (χ3v) is 5.44. The second-order valence-electron chi connectivity index (χ2n) is 6.32. The standard InChI is InChI=1S/C19H18Cl2N4O2/c1-27-17-5-3-2-4-16(17)24-6-8-25(9-7-24)19(26)18-22-14-10-12(20)13(21)11-15(14)23-18/h2-5,10-11H,6-9H2,1H3,(H,22,23). The molecule has 1 aromatic heterocycles. The Balaban J connectivity index is 1.49. The number of para-hydroxylation sites is 2. The molecule has 4 rings (SSSR count). The number of aromatic amines is 1. The van der Waals surface area contributed by atoms with Crippen molar-refractivity contribution in [3.63, 3.8) is 0 Å². The number of imidazole rings is 1. The fourth-order valence-electron chi connectivity index (χ4n) is 3.30. The van der Waals surface area contributed by atoms with Gasteiger partial charge in [-0.05, 0) is 24.3 Å². The Hall–Kier alpha value is -2.44. The fraction of sp³-hybridized carbons (Fsp3) is 0.263. The van der Waals surface area contributed by atoms with Gasteiger partial charge in [0.15, 0.2) is 5.82 Å². The summed E-state index contributed by atoms with van der Waals surface area (Å²) in [6.07, 6.45) is 0. The van der Waals surface area contributed by atoms with E-state index in [9.17, 15) is 4.79 Å². The van der Waals surface area contributed by atoms with Gasteiger partial charge in [0.25, 0.3) is 5.91 Å². The number of hydrogen-bond donors (Lipinski definition) is 1.